The van der Waals surface area contributed by atoms with Crippen molar-refractivity contribution in [1.82, 2.24) is 5.32 Å². The van der Waals surface area contributed by atoms with Gasteiger partial charge in [0.25, 0.3) is 0 Å². The zero-order valence-corrected chi connectivity index (χ0v) is 7.94. The molecular weight excluding hydrogens is 170 g/mol. The number of hydrogen-bond acceptors (Lipinski definition) is 2. The van der Waals surface area contributed by atoms with E-state index in [0.29, 0.717) is 0 Å². The average molecular weight is 181 g/mol. The number of hydrogen-bond donors (Lipinski definition) is 1. The van der Waals surface area contributed by atoms with Crippen LogP contribution in [0.4, 0.5) is 0 Å². The van der Waals surface area contributed by atoms with Crippen LogP contribution in [0.2, 0.25) is 0 Å². The van der Waals surface area contributed by atoms with Gasteiger partial charge in [-0.15, -0.1) is 0 Å². The van der Waals surface area contributed by atoms with Crippen molar-refractivity contribution in [3.63, 3.8) is 0 Å². The Hall–Kier alpha value is -1.09. The molecule has 1 rings (SSSR count). The maximum atomic E-state index is 5.05. The SMILES string of the molecule is CNC(=S)c1ccc(OC)cc1. The van der Waals surface area contributed by atoms with E-state index in [2.05, 4.69) is 5.32 Å². The molecule has 0 bridgehead atoms. The number of thiocarbonyl (C=S) groups is 1. The molecule has 0 unspecified atom stereocenters. The van der Waals surface area contributed by atoms with Crippen LogP contribution in [0.5, 0.6) is 5.75 Å². The largest absolute Gasteiger partial charge is 0.497 e. The molecule has 1 N–H and O–H groups in total. The van der Waals surface area contributed by atoms with Crippen molar-refractivity contribution in [1.29, 1.82) is 0 Å². The molecule has 0 radical (unpaired) electrons. The number of ether oxygens (including phenoxy) is 1. The third-order valence-electron chi connectivity index (χ3n) is 1.58. The fourth-order valence-electron chi connectivity index (χ4n) is 0.887. The van der Waals surface area contributed by atoms with Crippen LogP contribution in [-0.2, 0) is 0 Å². The second kappa shape index (κ2) is 4.07. The van der Waals surface area contributed by atoms with Crippen molar-refractivity contribution < 1.29 is 4.74 Å². The van der Waals surface area contributed by atoms with E-state index in [1.807, 2.05) is 31.3 Å². The molecule has 1 aromatic rings. The highest BCUT2D eigenvalue weighted by molar-refractivity contribution is 7.80. The maximum absolute atomic E-state index is 5.05. The van der Waals surface area contributed by atoms with Gasteiger partial charge in [0.05, 0.1) is 7.11 Å². The summed E-state index contributed by atoms with van der Waals surface area (Å²) in [7, 11) is 3.46. The van der Waals surface area contributed by atoms with Crippen LogP contribution in [0.3, 0.4) is 0 Å². The van der Waals surface area contributed by atoms with Crippen LogP contribution in [0.15, 0.2) is 24.3 Å². The minimum atomic E-state index is 0.748. The lowest BCUT2D eigenvalue weighted by Gasteiger charge is -2.03. The normalized spacial score (nSPS) is 9.17. The summed E-state index contributed by atoms with van der Waals surface area (Å²) in [6.45, 7) is 0. The Morgan fingerprint density at radius 2 is 1.92 bits per heavy atom. The summed E-state index contributed by atoms with van der Waals surface area (Å²) in [4.78, 5) is 0.748. The molecule has 0 aliphatic heterocycles. The molecule has 0 saturated carbocycles. The van der Waals surface area contributed by atoms with E-state index in [0.717, 1.165) is 16.3 Å². The fourth-order valence-corrected chi connectivity index (χ4v) is 1.02. The Bertz CT molecular complexity index is 268. The topological polar surface area (TPSA) is 21.3 Å². The molecule has 2 nitrogen and oxygen atoms in total. The third-order valence-corrected chi connectivity index (χ3v) is 2.02. The van der Waals surface area contributed by atoms with E-state index in [4.69, 9.17) is 17.0 Å². The van der Waals surface area contributed by atoms with Gasteiger partial charge in [0.2, 0.25) is 0 Å². The van der Waals surface area contributed by atoms with E-state index in [1.165, 1.54) is 0 Å². The van der Waals surface area contributed by atoms with Crippen LogP contribution in [0.1, 0.15) is 5.56 Å². The zero-order chi connectivity index (χ0) is 8.97. The first-order chi connectivity index (χ1) is 5.77. The summed E-state index contributed by atoms with van der Waals surface area (Å²) in [5, 5.41) is 2.91. The minimum absolute atomic E-state index is 0.748. The van der Waals surface area contributed by atoms with Crippen molar-refractivity contribution >= 4 is 17.2 Å². The number of rotatable bonds is 2. The summed E-state index contributed by atoms with van der Waals surface area (Å²) in [5.41, 5.74) is 1.01. The van der Waals surface area contributed by atoms with Gasteiger partial charge in [-0.1, -0.05) is 12.2 Å². The van der Waals surface area contributed by atoms with Crippen LogP contribution in [0.25, 0.3) is 0 Å². The molecule has 0 aliphatic rings. The summed E-state index contributed by atoms with van der Waals surface area (Å²) in [5.74, 6) is 0.845. The lowest BCUT2D eigenvalue weighted by atomic mass is 10.2. The lowest BCUT2D eigenvalue weighted by Crippen LogP contribution is -2.16. The molecule has 0 fully saturated rings. The van der Waals surface area contributed by atoms with E-state index >= 15 is 0 Å². The summed E-state index contributed by atoms with van der Waals surface area (Å²) < 4.78 is 5.02. The fraction of sp³-hybridized carbons (Fsp3) is 0.222. The highest BCUT2D eigenvalue weighted by Crippen LogP contribution is 2.11. The quantitative estimate of drug-likeness (QED) is 0.700. The lowest BCUT2D eigenvalue weighted by molar-refractivity contribution is 0.415. The van der Waals surface area contributed by atoms with Gasteiger partial charge in [-0.05, 0) is 24.3 Å². The summed E-state index contributed by atoms with van der Waals surface area (Å²) in [6.07, 6.45) is 0. The van der Waals surface area contributed by atoms with Crippen LogP contribution >= 0.6 is 12.2 Å². The van der Waals surface area contributed by atoms with E-state index in [9.17, 15) is 0 Å². The Balaban J connectivity index is 2.84. The average Bonchev–Trinajstić information content (AvgIpc) is 2.17. The van der Waals surface area contributed by atoms with Crippen molar-refractivity contribution in [2.24, 2.45) is 0 Å². The van der Waals surface area contributed by atoms with E-state index in [1.54, 1.807) is 7.11 Å². The standard InChI is InChI=1S/C9H11NOS/c1-10-9(12)7-3-5-8(11-2)6-4-7/h3-6H,1-2H3,(H,10,12). The molecule has 3 heteroatoms. The second-order valence-corrected chi connectivity index (χ2v) is 2.72. The second-order valence-electron chi connectivity index (χ2n) is 2.31. The van der Waals surface area contributed by atoms with Gasteiger partial charge in [-0.3, -0.25) is 0 Å². The van der Waals surface area contributed by atoms with Gasteiger partial charge in [0, 0.05) is 12.6 Å². The van der Waals surface area contributed by atoms with Crippen molar-refractivity contribution in [2.45, 2.75) is 0 Å². The molecule has 1 aromatic carbocycles. The number of nitrogens with one attached hydrogen (secondary N) is 1. The van der Waals surface area contributed by atoms with Gasteiger partial charge >= 0.3 is 0 Å². The molecule has 0 amide bonds. The molecule has 0 aromatic heterocycles. The predicted octanol–water partition coefficient (Wildman–Crippen LogP) is 1.59. The molecule has 0 spiro atoms. The summed E-state index contributed by atoms with van der Waals surface area (Å²) in [6, 6.07) is 7.63. The molecular formula is C9H11NOS. The van der Waals surface area contributed by atoms with E-state index < -0.39 is 0 Å². The van der Waals surface area contributed by atoms with Gasteiger partial charge in [0.1, 0.15) is 10.7 Å². The monoisotopic (exact) mass is 181 g/mol. The molecule has 64 valence electrons. The van der Waals surface area contributed by atoms with Gasteiger partial charge in [-0.2, -0.15) is 0 Å². The Morgan fingerprint density at radius 3 is 2.33 bits per heavy atom. The molecule has 0 saturated heterocycles. The molecule has 0 aliphatic carbocycles. The first-order valence-electron chi connectivity index (χ1n) is 3.64. The Morgan fingerprint density at radius 1 is 1.33 bits per heavy atom. The summed E-state index contributed by atoms with van der Waals surface area (Å²) >= 11 is 5.05. The first kappa shape index (κ1) is 9.00. The van der Waals surface area contributed by atoms with Crippen LogP contribution < -0.4 is 10.1 Å². The molecule has 0 heterocycles. The van der Waals surface area contributed by atoms with Gasteiger partial charge < -0.3 is 10.1 Å². The van der Waals surface area contributed by atoms with Crippen molar-refractivity contribution in [2.75, 3.05) is 14.2 Å². The molecule has 12 heavy (non-hydrogen) atoms. The van der Waals surface area contributed by atoms with Gasteiger partial charge in [-0.25, -0.2) is 0 Å². The molecule has 0 atom stereocenters. The van der Waals surface area contributed by atoms with Crippen LogP contribution in [-0.4, -0.2) is 19.1 Å². The predicted molar refractivity (Wildman–Crippen MR) is 53.8 cm³/mol. The van der Waals surface area contributed by atoms with Crippen molar-refractivity contribution in [3.05, 3.63) is 29.8 Å². The number of methoxy groups -OCH3 is 1. The highest BCUT2D eigenvalue weighted by atomic mass is 32.1. The minimum Gasteiger partial charge on any atom is -0.497 e. The van der Waals surface area contributed by atoms with Crippen LogP contribution in [0, 0.1) is 0 Å². The third kappa shape index (κ3) is 1.95. The van der Waals surface area contributed by atoms with Crippen molar-refractivity contribution in [3.8, 4) is 5.75 Å². The Kier molecular flexibility index (Phi) is 3.05. The van der Waals surface area contributed by atoms with E-state index in [-0.39, 0.29) is 0 Å². The zero-order valence-electron chi connectivity index (χ0n) is 7.13. The first-order valence-corrected chi connectivity index (χ1v) is 4.05. The maximum Gasteiger partial charge on any atom is 0.118 e. The van der Waals surface area contributed by atoms with Gasteiger partial charge in [0.15, 0.2) is 0 Å². The number of benzene rings is 1. The highest BCUT2D eigenvalue weighted by Gasteiger charge is 1.97. The Labute approximate surface area is 77.5 Å². The smallest absolute Gasteiger partial charge is 0.118 e.